The van der Waals surface area contributed by atoms with E-state index in [1.165, 1.54) is 41.6 Å². The van der Waals surface area contributed by atoms with Crippen molar-refractivity contribution in [3.63, 3.8) is 0 Å². The Balaban J connectivity index is 1.22. The number of carbonyl (C=O) groups excluding carboxylic acids is 1. The number of aromatic amines is 1. The molecule has 0 saturated carbocycles. The largest absolute Gasteiger partial charge is 0.298 e. The highest BCUT2D eigenvalue weighted by atomic mass is 32.2. The summed E-state index contributed by atoms with van der Waals surface area (Å²) in [6.45, 7) is 0. The molecule has 0 aliphatic heterocycles. The number of nitrogens with zero attached hydrogens (tertiary/aromatic N) is 3. The molecule has 2 aromatic carbocycles. The van der Waals surface area contributed by atoms with Gasteiger partial charge in [-0.25, -0.2) is 9.97 Å². The van der Waals surface area contributed by atoms with Gasteiger partial charge in [-0.3, -0.25) is 15.2 Å². The van der Waals surface area contributed by atoms with E-state index in [-0.39, 0.29) is 5.91 Å². The number of aromatic nitrogens is 4. The molecule has 0 bridgehead atoms. The van der Waals surface area contributed by atoms with Crippen LogP contribution >= 0.6 is 23.1 Å². The first-order valence-corrected chi connectivity index (χ1v) is 11.6. The van der Waals surface area contributed by atoms with E-state index >= 15 is 0 Å². The van der Waals surface area contributed by atoms with Crippen molar-refractivity contribution in [1.82, 2.24) is 20.2 Å². The molecular weight excluding hydrogens is 414 g/mol. The van der Waals surface area contributed by atoms with Gasteiger partial charge in [0.25, 0.3) is 5.91 Å². The Morgan fingerprint density at radius 3 is 2.83 bits per heavy atom. The maximum absolute atomic E-state index is 12.6. The van der Waals surface area contributed by atoms with Crippen LogP contribution < -0.4 is 5.32 Å². The number of anilines is 1. The Bertz CT molecular complexity index is 1170. The minimum absolute atomic E-state index is 0.153. The van der Waals surface area contributed by atoms with E-state index in [2.05, 4.69) is 43.7 Å². The lowest BCUT2D eigenvalue weighted by atomic mass is 10.1. The predicted molar refractivity (Wildman–Crippen MR) is 120 cm³/mol. The SMILES string of the molecule is O=C(Nc1nc(-c2ccc3c(c2)CCC3)cs1)c1ccc(CSc2ncn[nH]2)cc1. The summed E-state index contributed by atoms with van der Waals surface area (Å²) in [7, 11) is 0. The second kappa shape index (κ2) is 8.41. The molecule has 2 N–H and O–H groups in total. The van der Waals surface area contributed by atoms with E-state index in [1.54, 1.807) is 11.8 Å². The van der Waals surface area contributed by atoms with Crippen LogP contribution in [0.5, 0.6) is 0 Å². The molecule has 5 rings (SSSR count). The molecule has 2 aromatic heterocycles. The first kappa shape index (κ1) is 19.0. The first-order valence-electron chi connectivity index (χ1n) is 9.71. The fourth-order valence-electron chi connectivity index (χ4n) is 3.53. The number of fused-ring (bicyclic) bond motifs is 1. The van der Waals surface area contributed by atoms with Crippen LogP contribution in [0.4, 0.5) is 5.13 Å². The number of H-pyrrole nitrogens is 1. The van der Waals surface area contributed by atoms with Crippen LogP contribution in [0.25, 0.3) is 11.3 Å². The van der Waals surface area contributed by atoms with Gasteiger partial charge in [-0.15, -0.1) is 11.3 Å². The lowest BCUT2D eigenvalue weighted by molar-refractivity contribution is 0.102. The van der Waals surface area contributed by atoms with Gasteiger partial charge in [0.05, 0.1) is 5.69 Å². The van der Waals surface area contributed by atoms with Crippen LogP contribution in [0, 0.1) is 0 Å². The zero-order valence-electron chi connectivity index (χ0n) is 16.1. The summed E-state index contributed by atoms with van der Waals surface area (Å²) in [6.07, 6.45) is 5.04. The number of amides is 1. The fraction of sp³-hybridized carbons (Fsp3) is 0.182. The number of carbonyl (C=O) groups is 1. The molecule has 0 unspecified atom stereocenters. The maximum atomic E-state index is 12.6. The molecule has 8 heteroatoms. The molecule has 150 valence electrons. The van der Waals surface area contributed by atoms with Gasteiger partial charge in [-0.2, -0.15) is 5.10 Å². The Hall–Kier alpha value is -2.97. The summed E-state index contributed by atoms with van der Waals surface area (Å²) < 4.78 is 0. The second-order valence-corrected chi connectivity index (χ2v) is 8.93. The molecule has 6 nitrogen and oxygen atoms in total. The van der Waals surface area contributed by atoms with Crippen molar-refractivity contribution in [3.8, 4) is 11.3 Å². The van der Waals surface area contributed by atoms with Crippen molar-refractivity contribution < 1.29 is 4.79 Å². The monoisotopic (exact) mass is 433 g/mol. The normalized spacial score (nSPS) is 12.7. The zero-order chi connectivity index (χ0) is 20.3. The first-order chi connectivity index (χ1) is 14.7. The molecular formula is C22H19N5OS2. The number of rotatable bonds is 6. The lowest BCUT2D eigenvalue weighted by Gasteiger charge is -2.04. The van der Waals surface area contributed by atoms with Crippen molar-refractivity contribution in [2.24, 2.45) is 0 Å². The molecule has 4 aromatic rings. The third kappa shape index (κ3) is 4.15. The molecule has 0 fully saturated rings. The number of nitrogens with one attached hydrogen (secondary N) is 2. The summed E-state index contributed by atoms with van der Waals surface area (Å²) in [6, 6.07) is 14.1. The molecule has 1 aliphatic carbocycles. The molecule has 30 heavy (non-hydrogen) atoms. The van der Waals surface area contributed by atoms with Crippen molar-refractivity contribution in [2.45, 2.75) is 30.2 Å². The van der Waals surface area contributed by atoms with E-state index in [1.807, 2.05) is 29.6 Å². The van der Waals surface area contributed by atoms with Gasteiger partial charge >= 0.3 is 0 Å². The predicted octanol–water partition coefficient (Wildman–Crippen LogP) is 4.96. The van der Waals surface area contributed by atoms with E-state index in [4.69, 9.17) is 0 Å². The van der Waals surface area contributed by atoms with Gasteiger partial charge in [-0.05, 0) is 54.2 Å². The maximum Gasteiger partial charge on any atom is 0.257 e. The van der Waals surface area contributed by atoms with Gasteiger partial charge in [0.15, 0.2) is 10.3 Å². The average Bonchev–Trinajstić information content (AvgIpc) is 3.53. The summed E-state index contributed by atoms with van der Waals surface area (Å²) in [5.41, 5.74) is 6.61. The number of aryl methyl sites for hydroxylation is 2. The van der Waals surface area contributed by atoms with Gasteiger partial charge in [0, 0.05) is 22.3 Å². The highest BCUT2D eigenvalue weighted by Gasteiger charge is 2.14. The summed E-state index contributed by atoms with van der Waals surface area (Å²) in [5, 5.41) is 13.0. The van der Waals surface area contributed by atoms with Crippen molar-refractivity contribution in [3.05, 3.63) is 76.4 Å². The minimum atomic E-state index is -0.153. The third-order valence-electron chi connectivity index (χ3n) is 5.10. The fourth-order valence-corrected chi connectivity index (χ4v) is 4.98. The number of hydrogen-bond acceptors (Lipinski definition) is 6. The van der Waals surface area contributed by atoms with Crippen LogP contribution in [0.15, 0.2) is 59.3 Å². The van der Waals surface area contributed by atoms with Crippen LogP contribution in [-0.4, -0.2) is 26.1 Å². The van der Waals surface area contributed by atoms with Crippen LogP contribution in [0.2, 0.25) is 0 Å². The quantitative estimate of drug-likeness (QED) is 0.420. The molecule has 0 radical (unpaired) electrons. The molecule has 0 saturated heterocycles. The van der Waals surface area contributed by atoms with Crippen molar-refractivity contribution >= 4 is 34.1 Å². The zero-order valence-corrected chi connectivity index (χ0v) is 17.7. The molecule has 0 atom stereocenters. The topological polar surface area (TPSA) is 83.6 Å². The van der Waals surface area contributed by atoms with Gasteiger partial charge in [-0.1, -0.05) is 36.0 Å². The Morgan fingerprint density at radius 1 is 1.13 bits per heavy atom. The third-order valence-corrected chi connectivity index (χ3v) is 6.81. The van der Waals surface area contributed by atoms with E-state index < -0.39 is 0 Å². The van der Waals surface area contributed by atoms with Crippen LogP contribution in [0.3, 0.4) is 0 Å². The highest BCUT2D eigenvalue weighted by Crippen LogP contribution is 2.30. The van der Waals surface area contributed by atoms with Crippen LogP contribution in [-0.2, 0) is 18.6 Å². The highest BCUT2D eigenvalue weighted by molar-refractivity contribution is 7.98. The number of benzene rings is 2. The van der Waals surface area contributed by atoms with Crippen molar-refractivity contribution in [2.75, 3.05) is 5.32 Å². The van der Waals surface area contributed by atoms with Crippen molar-refractivity contribution in [1.29, 1.82) is 0 Å². The minimum Gasteiger partial charge on any atom is -0.298 e. The Morgan fingerprint density at radius 2 is 2.00 bits per heavy atom. The standard InChI is InChI=1S/C22H19N5OS2/c28-20(16-6-4-14(5-7-16)11-29-21-23-13-24-27-21)26-22-25-19(12-30-22)18-9-8-15-2-1-3-17(15)10-18/h4-10,12-13H,1-3,11H2,(H,23,24,27)(H,25,26,28). The Labute approximate surface area is 182 Å². The molecule has 1 amide bonds. The smallest absolute Gasteiger partial charge is 0.257 e. The van der Waals surface area contributed by atoms with Gasteiger partial charge < -0.3 is 0 Å². The lowest BCUT2D eigenvalue weighted by Crippen LogP contribution is -2.11. The summed E-state index contributed by atoms with van der Waals surface area (Å²) in [5.74, 6) is 0.604. The molecule has 0 spiro atoms. The second-order valence-electron chi connectivity index (χ2n) is 7.11. The molecule has 2 heterocycles. The summed E-state index contributed by atoms with van der Waals surface area (Å²) >= 11 is 3.01. The summed E-state index contributed by atoms with van der Waals surface area (Å²) in [4.78, 5) is 21.3. The number of thioether (sulfide) groups is 1. The van der Waals surface area contributed by atoms with E-state index in [9.17, 15) is 4.79 Å². The van der Waals surface area contributed by atoms with Gasteiger partial charge in [0.2, 0.25) is 0 Å². The van der Waals surface area contributed by atoms with Gasteiger partial charge in [0.1, 0.15) is 6.33 Å². The number of hydrogen-bond donors (Lipinski definition) is 2. The number of thiazole rings is 1. The Kier molecular flexibility index (Phi) is 5.33. The van der Waals surface area contributed by atoms with E-state index in [0.717, 1.165) is 34.2 Å². The average molecular weight is 434 g/mol. The molecule has 1 aliphatic rings. The van der Waals surface area contributed by atoms with E-state index in [0.29, 0.717) is 10.7 Å². The van der Waals surface area contributed by atoms with Crippen LogP contribution in [0.1, 0.15) is 33.5 Å².